The van der Waals surface area contributed by atoms with Gasteiger partial charge in [-0.2, -0.15) is 0 Å². The number of carbonyl (C=O) groups excluding carboxylic acids is 1. The summed E-state index contributed by atoms with van der Waals surface area (Å²) in [5, 5.41) is 4.50. The molecular weight excluding hydrogens is 309 g/mol. The van der Waals surface area contributed by atoms with Crippen molar-refractivity contribution in [1.82, 2.24) is 4.98 Å². The molecule has 0 saturated carbocycles. The van der Waals surface area contributed by atoms with Gasteiger partial charge in [0.1, 0.15) is 5.69 Å². The SMILES string of the molecule is Nc1cccc2cc(C(=O)Nc3ccc(Cl)cc3Cl)[nH]c12. The van der Waals surface area contributed by atoms with E-state index in [0.717, 1.165) is 10.9 Å². The molecular formula is C15H11Cl2N3O. The minimum Gasteiger partial charge on any atom is -0.397 e. The molecule has 21 heavy (non-hydrogen) atoms. The minimum absolute atomic E-state index is 0.296. The molecule has 6 heteroatoms. The number of amides is 1. The van der Waals surface area contributed by atoms with E-state index in [0.29, 0.717) is 27.1 Å². The third kappa shape index (κ3) is 2.68. The normalized spacial score (nSPS) is 10.8. The van der Waals surface area contributed by atoms with Crippen molar-refractivity contribution >= 4 is 51.4 Å². The summed E-state index contributed by atoms with van der Waals surface area (Å²) in [6.07, 6.45) is 0. The molecule has 106 valence electrons. The topological polar surface area (TPSA) is 70.9 Å². The summed E-state index contributed by atoms with van der Waals surface area (Å²) in [6.45, 7) is 0. The van der Waals surface area contributed by atoms with Gasteiger partial charge in [-0.1, -0.05) is 35.3 Å². The predicted octanol–water partition coefficient (Wildman–Crippen LogP) is 4.31. The van der Waals surface area contributed by atoms with Gasteiger partial charge < -0.3 is 16.0 Å². The van der Waals surface area contributed by atoms with E-state index in [4.69, 9.17) is 28.9 Å². The molecule has 0 bridgehead atoms. The number of fused-ring (bicyclic) bond motifs is 1. The zero-order valence-corrected chi connectivity index (χ0v) is 12.3. The molecule has 4 nitrogen and oxygen atoms in total. The molecule has 0 radical (unpaired) electrons. The van der Waals surface area contributed by atoms with Crippen LogP contribution in [-0.2, 0) is 0 Å². The third-order valence-electron chi connectivity index (χ3n) is 3.11. The number of benzene rings is 2. The van der Waals surface area contributed by atoms with Gasteiger partial charge in [0.2, 0.25) is 0 Å². The molecule has 2 aromatic carbocycles. The standard InChI is InChI=1S/C15H11Cl2N3O/c16-9-4-5-12(10(17)7-9)20-15(21)13-6-8-2-1-3-11(18)14(8)19-13/h1-7,19H,18H2,(H,20,21). The molecule has 0 aliphatic rings. The average Bonchev–Trinajstić information content (AvgIpc) is 2.87. The van der Waals surface area contributed by atoms with Gasteiger partial charge in [0.05, 0.1) is 21.9 Å². The number of nitrogen functional groups attached to an aromatic ring is 1. The Bertz CT molecular complexity index is 842. The number of H-pyrrole nitrogens is 1. The van der Waals surface area contributed by atoms with Crippen LogP contribution in [0.25, 0.3) is 10.9 Å². The van der Waals surface area contributed by atoms with Crippen molar-refractivity contribution in [2.24, 2.45) is 0 Å². The van der Waals surface area contributed by atoms with Crippen LogP contribution in [0.4, 0.5) is 11.4 Å². The van der Waals surface area contributed by atoms with E-state index in [2.05, 4.69) is 10.3 Å². The van der Waals surface area contributed by atoms with Crippen LogP contribution < -0.4 is 11.1 Å². The van der Waals surface area contributed by atoms with Crippen LogP contribution in [0.15, 0.2) is 42.5 Å². The van der Waals surface area contributed by atoms with Crippen LogP contribution in [-0.4, -0.2) is 10.9 Å². The van der Waals surface area contributed by atoms with Crippen LogP contribution in [0, 0.1) is 0 Å². The molecule has 1 heterocycles. The number of hydrogen-bond donors (Lipinski definition) is 3. The number of carbonyl (C=O) groups is 1. The zero-order valence-electron chi connectivity index (χ0n) is 10.8. The van der Waals surface area contributed by atoms with E-state index in [9.17, 15) is 4.79 Å². The highest BCUT2D eigenvalue weighted by molar-refractivity contribution is 6.36. The number of anilines is 2. The number of nitrogens with one attached hydrogen (secondary N) is 2. The van der Waals surface area contributed by atoms with Crippen LogP contribution in [0.5, 0.6) is 0 Å². The molecule has 0 spiro atoms. The summed E-state index contributed by atoms with van der Waals surface area (Å²) in [7, 11) is 0. The maximum atomic E-state index is 12.3. The number of nitrogens with two attached hydrogens (primary N) is 1. The molecule has 1 amide bonds. The fourth-order valence-corrected chi connectivity index (χ4v) is 2.54. The van der Waals surface area contributed by atoms with E-state index in [1.165, 1.54) is 0 Å². The molecule has 0 aliphatic carbocycles. The zero-order chi connectivity index (χ0) is 15.0. The lowest BCUT2D eigenvalue weighted by Gasteiger charge is -2.06. The fraction of sp³-hybridized carbons (Fsp3) is 0. The highest BCUT2D eigenvalue weighted by Gasteiger charge is 2.12. The van der Waals surface area contributed by atoms with E-state index < -0.39 is 0 Å². The second kappa shape index (κ2) is 5.31. The van der Waals surface area contributed by atoms with Crippen molar-refractivity contribution in [3.8, 4) is 0 Å². The highest BCUT2D eigenvalue weighted by atomic mass is 35.5. The first-order valence-electron chi connectivity index (χ1n) is 6.18. The molecule has 3 rings (SSSR count). The van der Waals surface area contributed by atoms with Crippen LogP contribution in [0.1, 0.15) is 10.5 Å². The summed E-state index contributed by atoms with van der Waals surface area (Å²) in [5.41, 5.74) is 8.11. The molecule has 0 unspecified atom stereocenters. The molecule has 0 atom stereocenters. The molecule has 0 aliphatic heterocycles. The smallest absolute Gasteiger partial charge is 0.272 e. The molecule has 0 fully saturated rings. The van der Waals surface area contributed by atoms with Crippen molar-refractivity contribution in [3.63, 3.8) is 0 Å². The Morgan fingerprint density at radius 2 is 1.95 bits per heavy atom. The van der Waals surface area contributed by atoms with Crippen LogP contribution in [0.3, 0.4) is 0 Å². The van der Waals surface area contributed by atoms with E-state index in [-0.39, 0.29) is 5.91 Å². The summed E-state index contributed by atoms with van der Waals surface area (Å²) < 4.78 is 0. The van der Waals surface area contributed by atoms with Gasteiger partial charge in [-0.3, -0.25) is 4.79 Å². The lowest BCUT2D eigenvalue weighted by Crippen LogP contribution is -2.12. The van der Waals surface area contributed by atoms with Crippen molar-refractivity contribution in [2.45, 2.75) is 0 Å². The number of halogens is 2. The predicted molar refractivity (Wildman–Crippen MR) is 87.1 cm³/mol. The monoisotopic (exact) mass is 319 g/mol. The number of para-hydroxylation sites is 1. The van der Waals surface area contributed by atoms with E-state index >= 15 is 0 Å². The fourth-order valence-electron chi connectivity index (χ4n) is 2.08. The lowest BCUT2D eigenvalue weighted by atomic mass is 10.2. The second-order valence-corrected chi connectivity index (χ2v) is 5.42. The summed E-state index contributed by atoms with van der Waals surface area (Å²) in [4.78, 5) is 15.3. The van der Waals surface area contributed by atoms with Gasteiger partial charge >= 0.3 is 0 Å². The van der Waals surface area contributed by atoms with Gasteiger partial charge in [-0.15, -0.1) is 0 Å². The minimum atomic E-state index is -0.296. The van der Waals surface area contributed by atoms with Gasteiger partial charge in [-0.05, 0) is 30.3 Å². The van der Waals surface area contributed by atoms with Crippen molar-refractivity contribution in [3.05, 3.63) is 58.2 Å². The first-order chi connectivity index (χ1) is 10.0. The Kier molecular flexibility index (Phi) is 3.49. The van der Waals surface area contributed by atoms with E-state index in [1.807, 2.05) is 12.1 Å². The summed E-state index contributed by atoms with van der Waals surface area (Å²) >= 11 is 11.9. The first kappa shape index (κ1) is 13.8. The average molecular weight is 320 g/mol. The third-order valence-corrected chi connectivity index (χ3v) is 3.66. The first-order valence-corrected chi connectivity index (χ1v) is 6.94. The van der Waals surface area contributed by atoms with Gasteiger partial charge in [0.25, 0.3) is 5.91 Å². The second-order valence-electron chi connectivity index (χ2n) is 4.57. The molecule has 0 saturated heterocycles. The van der Waals surface area contributed by atoms with Crippen molar-refractivity contribution < 1.29 is 4.79 Å². The summed E-state index contributed by atoms with van der Waals surface area (Å²) in [6, 6.07) is 12.1. The highest BCUT2D eigenvalue weighted by Crippen LogP contribution is 2.26. The molecule has 1 aromatic heterocycles. The maximum absolute atomic E-state index is 12.3. The Balaban J connectivity index is 1.92. The van der Waals surface area contributed by atoms with Gasteiger partial charge in [0, 0.05) is 10.4 Å². The Morgan fingerprint density at radius 1 is 1.14 bits per heavy atom. The Labute approximate surface area is 130 Å². The van der Waals surface area contributed by atoms with Crippen LogP contribution in [0.2, 0.25) is 10.0 Å². The number of aromatic nitrogens is 1. The van der Waals surface area contributed by atoms with Gasteiger partial charge in [-0.25, -0.2) is 0 Å². The Morgan fingerprint density at radius 3 is 2.67 bits per heavy atom. The van der Waals surface area contributed by atoms with Crippen molar-refractivity contribution in [1.29, 1.82) is 0 Å². The largest absolute Gasteiger partial charge is 0.397 e. The van der Waals surface area contributed by atoms with E-state index in [1.54, 1.807) is 30.3 Å². The number of hydrogen-bond acceptors (Lipinski definition) is 2. The molecule has 3 aromatic rings. The number of rotatable bonds is 2. The lowest BCUT2D eigenvalue weighted by molar-refractivity contribution is 0.102. The Hall–Kier alpha value is -2.17. The quantitative estimate of drug-likeness (QED) is 0.616. The van der Waals surface area contributed by atoms with Crippen molar-refractivity contribution in [2.75, 3.05) is 11.1 Å². The maximum Gasteiger partial charge on any atom is 0.272 e. The molecule has 4 N–H and O–H groups in total. The van der Waals surface area contributed by atoms with Crippen LogP contribution >= 0.6 is 23.2 Å². The number of aromatic amines is 1. The van der Waals surface area contributed by atoms with Gasteiger partial charge in [0.15, 0.2) is 0 Å². The summed E-state index contributed by atoms with van der Waals surface area (Å²) in [5.74, 6) is -0.296.